The fourth-order valence-corrected chi connectivity index (χ4v) is 5.59. The van der Waals surface area contributed by atoms with Gasteiger partial charge in [-0.15, -0.1) is 0 Å². The van der Waals surface area contributed by atoms with Crippen LogP contribution in [0.1, 0.15) is 6.92 Å². The van der Waals surface area contributed by atoms with E-state index in [0.717, 1.165) is 29.7 Å². The number of nitrogens with zero attached hydrogens (tertiary/aromatic N) is 5. The second-order valence-corrected chi connectivity index (χ2v) is 11.8. The molecule has 200 valence electrons. The van der Waals surface area contributed by atoms with E-state index in [0.29, 0.717) is 46.6 Å². The van der Waals surface area contributed by atoms with Crippen LogP contribution in [0.15, 0.2) is 52.1 Å². The van der Waals surface area contributed by atoms with Gasteiger partial charge in [0.25, 0.3) is 0 Å². The van der Waals surface area contributed by atoms with Gasteiger partial charge in [-0.05, 0) is 40.2 Å². The highest BCUT2D eigenvalue weighted by Crippen LogP contribution is 2.35. The van der Waals surface area contributed by atoms with Crippen LogP contribution in [0, 0.1) is 0 Å². The number of rotatable bonds is 8. The molecule has 0 bridgehead atoms. The van der Waals surface area contributed by atoms with E-state index in [4.69, 9.17) is 9.47 Å². The Balaban J connectivity index is 1.46. The number of sulfone groups is 1. The summed E-state index contributed by atoms with van der Waals surface area (Å²) in [6, 6.07) is 9.30. The Morgan fingerprint density at radius 3 is 2.63 bits per heavy atom. The quantitative estimate of drug-likeness (QED) is 0.303. The van der Waals surface area contributed by atoms with Gasteiger partial charge in [-0.2, -0.15) is 10.1 Å². The number of anilines is 5. The third kappa shape index (κ3) is 5.26. The highest BCUT2D eigenvalue weighted by atomic mass is 79.9. The topological polar surface area (TPSA) is 124 Å². The van der Waals surface area contributed by atoms with Crippen LogP contribution in [0.5, 0.6) is 5.75 Å². The summed E-state index contributed by atoms with van der Waals surface area (Å²) < 4.78 is 39.2. The van der Waals surface area contributed by atoms with Crippen molar-refractivity contribution in [2.45, 2.75) is 11.8 Å². The molecular formula is C25H28BrN7O4S. The molecule has 0 amide bonds. The Morgan fingerprint density at radius 1 is 1.11 bits per heavy atom. The maximum atomic E-state index is 12.9. The van der Waals surface area contributed by atoms with E-state index in [9.17, 15) is 8.42 Å². The van der Waals surface area contributed by atoms with Crippen LogP contribution in [0.3, 0.4) is 0 Å². The molecular weight excluding hydrogens is 574 g/mol. The number of methoxy groups -OCH3 is 1. The van der Waals surface area contributed by atoms with Gasteiger partial charge in [-0.1, -0.05) is 6.92 Å². The Morgan fingerprint density at radius 2 is 1.89 bits per heavy atom. The maximum Gasteiger partial charge on any atom is 0.229 e. The van der Waals surface area contributed by atoms with E-state index in [2.05, 4.69) is 46.5 Å². The highest BCUT2D eigenvalue weighted by molar-refractivity contribution is 9.10. The average molecular weight is 603 g/mol. The predicted molar refractivity (Wildman–Crippen MR) is 151 cm³/mol. The Labute approximate surface area is 229 Å². The van der Waals surface area contributed by atoms with Crippen molar-refractivity contribution in [1.29, 1.82) is 0 Å². The largest absolute Gasteiger partial charge is 0.494 e. The first kappa shape index (κ1) is 26.2. The molecule has 0 aliphatic carbocycles. The average Bonchev–Trinajstić information content (AvgIpc) is 3.30. The fourth-order valence-electron chi connectivity index (χ4n) is 4.26. The Bertz CT molecular complexity index is 1590. The minimum absolute atomic E-state index is 0.0387. The molecule has 1 saturated heterocycles. The van der Waals surface area contributed by atoms with Crippen molar-refractivity contribution in [3.05, 3.63) is 47.2 Å². The predicted octanol–water partition coefficient (Wildman–Crippen LogP) is 4.25. The molecule has 1 aliphatic heterocycles. The highest BCUT2D eigenvalue weighted by Gasteiger charge is 2.21. The second-order valence-electron chi connectivity index (χ2n) is 8.70. The zero-order chi connectivity index (χ0) is 26.9. The van der Waals surface area contributed by atoms with Crippen LogP contribution < -0.4 is 20.3 Å². The van der Waals surface area contributed by atoms with Crippen molar-refractivity contribution in [2.24, 2.45) is 7.05 Å². The van der Waals surface area contributed by atoms with Gasteiger partial charge in [0.05, 0.1) is 58.5 Å². The number of aryl methyl sites for hydroxylation is 1. The maximum absolute atomic E-state index is 12.9. The number of aromatic nitrogens is 4. The van der Waals surface area contributed by atoms with Crippen LogP contribution in [0.2, 0.25) is 0 Å². The van der Waals surface area contributed by atoms with Crippen LogP contribution in [-0.2, 0) is 21.6 Å². The number of hydrogen-bond acceptors (Lipinski definition) is 10. The van der Waals surface area contributed by atoms with Gasteiger partial charge in [0.1, 0.15) is 11.6 Å². The molecule has 2 aromatic carbocycles. The summed E-state index contributed by atoms with van der Waals surface area (Å²) in [5, 5.41) is 11.5. The van der Waals surface area contributed by atoms with Crippen molar-refractivity contribution in [1.82, 2.24) is 19.7 Å². The van der Waals surface area contributed by atoms with Gasteiger partial charge in [0.15, 0.2) is 9.84 Å². The van der Waals surface area contributed by atoms with E-state index in [1.54, 1.807) is 50.3 Å². The van der Waals surface area contributed by atoms with E-state index in [1.165, 1.54) is 0 Å². The lowest BCUT2D eigenvalue weighted by Gasteiger charge is -2.29. The molecule has 1 aliphatic rings. The minimum atomic E-state index is -3.54. The molecule has 3 heterocycles. The minimum Gasteiger partial charge on any atom is -0.494 e. The molecule has 0 radical (unpaired) electrons. The molecule has 13 heteroatoms. The van der Waals surface area contributed by atoms with Crippen molar-refractivity contribution < 1.29 is 17.9 Å². The van der Waals surface area contributed by atoms with Gasteiger partial charge in [-0.3, -0.25) is 4.68 Å². The number of halogens is 1. The van der Waals surface area contributed by atoms with Crippen LogP contribution in [0.25, 0.3) is 10.9 Å². The summed E-state index contributed by atoms with van der Waals surface area (Å²) in [5.74, 6) is 1.33. The lowest BCUT2D eigenvalue weighted by Crippen LogP contribution is -2.36. The third-order valence-electron chi connectivity index (χ3n) is 6.37. The van der Waals surface area contributed by atoms with Crippen molar-refractivity contribution >= 4 is 65.5 Å². The first-order valence-electron chi connectivity index (χ1n) is 12.0. The van der Waals surface area contributed by atoms with E-state index in [1.807, 2.05) is 18.2 Å². The van der Waals surface area contributed by atoms with Gasteiger partial charge in [0.2, 0.25) is 5.95 Å². The number of fused-ring (bicyclic) bond motifs is 1. The standard InChI is InChI=1S/C25H28BrN7O4S/c1-4-38(34,35)23-13-21-16(14-28-32(21)2)11-20(23)29-24-18(26)15-27-25(31-24)30-19-6-5-17(12-22(19)36-3)33-7-9-37-10-8-33/h5-6,11-15H,4,7-10H2,1-3H3,(H2,27,29,30,31). The summed E-state index contributed by atoms with van der Waals surface area (Å²) in [6.45, 7) is 4.65. The number of hydrogen-bond donors (Lipinski definition) is 2. The molecule has 0 atom stereocenters. The first-order chi connectivity index (χ1) is 18.3. The normalized spacial score (nSPS) is 14.1. The van der Waals surface area contributed by atoms with Crippen molar-refractivity contribution in [2.75, 3.05) is 54.7 Å². The molecule has 38 heavy (non-hydrogen) atoms. The van der Waals surface area contributed by atoms with Crippen molar-refractivity contribution in [3.63, 3.8) is 0 Å². The van der Waals surface area contributed by atoms with Gasteiger partial charge < -0.3 is 25.0 Å². The number of benzene rings is 2. The van der Waals surface area contributed by atoms with Gasteiger partial charge in [-0.25, -0.2) is 13.4 Å². The molecule has 0 spiro atoms. The second kappa shape index (κ2) is 10.8. The fraction of sp³-hybridized carbons (Fsp3) is 0.320. The van der Waals surface area contributed by atoms with Crippen LogP contribution >= 0.6 is 15.9 Å². The molecule has 2 N–H and O–H groups in total. The van der Waals surface area contributed by atoms with Crippen LogP contribution in [-0.4, -0.2) is 67.3 Å². The lowest BCUT2D eigenvalue weighted by molar-refractivity contribution is 0.122. The summed E-state index contributed by atoms with van der Waals surface area (Å²) in [5.41, 5.74) is 2.87. The molecule has 1 fully saturated rings. The molecule has 11 nitrogen and oxygen atoms in total. The first-order valence-corrected chi connectivity index (χ1v) is 14.5. The van der Waals surface area contributed by atoms with Gasteiger partial charge in [0, 0.05) is 43.5 Å². The Hall–Kier alpha value is -3.42. The number of ether oxygens (including phenoxy) is 2. The molecule has 0 saturated carbocycles. The summed E-state index contributed by atoms with van der Waals surface area (Å²) in [4.78, 5) is 11.4. The Kier molecular flexibility index (Phi) is 7.41. The number of nitrogens with one attached hydrogen (secondary N) is 2. The van der Waals surface area contributed by atoms with Crippen LogP contribution in [0.4, 0.5) is 28.8 Å². The summed E-state index contributed by atoms with van der Waals surface area (Å²) in [7, 11) is -0.145. The molecule has 4 aromatic rings. The zero-order valence-corrected chi connectivity index (χ0v) is 23.6. The lowest BCUT2D eigenvalue weighted by atomic mass is 10.2. The third-order valence-corrected chi connectivity index (χ3v) is 8.72. The smallest absolute Gasteiger partial charge is 0.229 e. The monoisotopic (exact) mass is 601 g/mol. The number of morpholine rings is 1. The SMILES string of the molecule is CCS(=O)(=O)c1cc2c(cnn2C)cc1Nc1nc(Nc2ccc(N3CCOCC3)cc2OC)ncc1Br. The molecule has 2 aromatic heterocycles. The van der Waals surface area contributed by atoms with E-state index in [-0.39, 0.29) is 10.6 Å². The van der Waals surface area contributed by atoms with Crippen molar-refractivity contribution in [3.8, 4) is 5.75 Å². The van der Waals surface area contributed by atoms with E-state index < -0.39 is 9.84 Å². The summed E-state index contributed by atoms with van der Waals surface area (Å²) in [6.07, 6.45) is 3.29. The van der Waals surface area contributed by atoms with Gasteiger partial charge >= 0.3 is 0 Å². The van der Waals surface area contributed by atoms with E-state index >= 15 is 0 Å². The summed E-state index contributed by atoms with van der Waals surface area (Å²) >= 11 is 3.48. The molecule has 0 unspecified atom stereocenters. The zero-order valence-electron chi connectivity index (χ0n) is 21.2. The molecule has 5 rings (SSSR count).